The van der Waals surface area contributed by atoms with E-state index in [0.29, 0.717) is 18.4 Å². The highest BCUT2D eigenvalue weighted by atomic mass is 19.1. The fourth-order valence-corrected chi connectivity index (χ4v) is 3.33. The van der Waals surface area contributed by atoms with E-state index in [9.17, 15) is 28.4 Å². The highest BCUT2D eigenvalue weighted by molar-refractivity contribution is 6.15. The highest BCUT2D eigenvalue weighted by Crippen LogP contribution is 2.08. The number of halogens is 1. The smallest absolute Gasteiger partial charge is 0.312 e. The molecule has 0 spiro atoms. The number of benzene rings is 1. The lowest BCUT2D eigenvalue weighted by atomic mass is 10.0. The standard InChI is InChI=1S/C23H36BFN6O5/c1-13(2)19(22(35)29-17(21(34)31-24)5-4-12-27-23(26)36)30-18(32)11-6-14(3)28-20(33)15-7-9-16(25)10-8-15/h7-10,13-14,17,19H,4-6,11-12,24H2,1-3H3,(H,28,33)(H,29,35)(H,30,32)(H,31,34)(H3,26,27,36)/t14-,17+,19?/m1/s1. The number of amides is 6. The van der Waals surface area contributed by atoms with Crippen LogP contribution in [0.2, 0.25) is 0 Å². The minimum Gasteiger partial charge on any atom is -0.404 e. The summed E-state index contributed by atoms with van der Waals surface area (Å²) in [5.41, 5.74) is 5.33. The van der Waals surface area contributed by atoms with E-state index >= 15 is 0 Å². The molecular formula is C23H36BFN6O5. The summed E-state index contributed by atoms with van der Waals surface area (Å²) in [6.07, 6.45) is 1.04. The molecule has 3 atom stereocenters. The van der Waals surface area contributed by atoms with Crippen molar-refractivity contribution in [2.75, 3.05) is 6.54 Å². The molecule has 0 radical (unpaired) electrons. The second-order valence-electron chi connectivity index (χ2n) is 8.82. The molecule has 1 aromatic carbocycles. The third-order valence-electron chi connectivity index (χ3n) is 5.40. The number of urea groups is 1. The summed E-state index contributed by atoms with van der Waals surface area (Å²) in [6.45, 7) is 5.52. The van der Waals surface area contributed by atoms with Crippen LogP contribution in [0.3, 0.4) is 0 Å². The van der Waals surface area contributed by atoms with Crippen LogP contribution >= 0.6 is 0 Å². The number of primary amides is 1. The van der Waals surface area contributed by atoms with E-state index in [1.54, 1.807) is 20.8 Å². The van der Waals surface area contributed by atoms with Crippen molar-refractivity contribution in [1.29, 1.82) is 0 Å². The van der Waals surface area contributed by atoms with Gasteiger partial charge in [-0.25, -0.2) is 9.18 Å². The van der Waals surface area contributed by atoms with Crippen LogP contribution in [0.1, 0.15) is 56.8 Å². The van der Waals surface area contributed by atoms with Gasteiger partial charge in [0.05, 0.1) is 0 Å². The average Bonchev–Trinajstić information content (AvgIpc) is 2.82. The lowest BCUT2D eigenvalue weighted by molar-refractivity contribution is -0.132. The van der Waals surface area contributed by atoms with Crippen LogP contribution in [0, 0.1) is 11.7 Å². The average molecular weight is 506 g/mol. The molecule has 0 aliphatic rings. The van der Waals surface area contributed by atoms with Gasteiger partial charge in [-0.3, -0.25) is 19.2 Å². The van der Waals surface area contributed by atoms with Crippen molar-refractivity contribution in [3.63, 3.8) is 0 Å². The second kappa shape index (κ2) is 15.4. The number of hydrogen-bond acceptors (Lipinski definition) is 5. The minimum absolute atomic E-state index is 0.0546. The van der Waals surface area contributed by atoms with Gasteiger partial charge in [-0.05, 0) is 56.4 Å². The second-order valence-corrected chi connectivity index (χ2v) is 8.82. The van der Waals surface area contributed by atoms with Crippen molar-refractivity contribution in [1.82, 2.24) is 26.5 Å². The number of carbonyl (C=O) groups is 5. The number of nitrogens with two attached hydrogens (primary N) is 1. The van der Waals surface area contributed by atoms with Crippen LogP contribution in [0.25, 0.3) is 0 Å². The van der Waals surface area contributed by atoms with Crippen molar-refractivity contribution < 1.29 is 28.4 Å². The van der Waals surface area contributed by atoms with E-state index in [1.165, 1.54) is 32.2 Å². The first-order chi connectivity index (χ1) is 16.9. The third kappa shape index (κ3) is 11.2. The zero-order valence-electron chi connectivity index (χ0n) is 21.2. The Bertz CT molecular complexity index is 915. The summed E-state index contributed by atoms with van der Waals surface area (Å²) in [6, 6.07) is 2.38. The quantitative estimate of drug-likeness (QED) is 0.147. The van der Waals surface area contributed by atoms with Gasteiger partial charge in [0.25, 0.3) is 5.91 Å². The van der Waals surface area contributed by atoms with Crippen LogP contribution in [0.15, 0.2) is 24.3 Å². The maximum Gasteiger partial charge on any atom is 0.312 e. The first-order valence-corrected chi connectivity index (χ1v) is 11.9. The molecule has 1 aromatic rings. The van der Waals surface area contributed by atoms with Gasteiger partial charge in [-0.15, -0.1) is 0 Å². The van der Waals surface area contributed by atoms with Gasteiger partial charge in [-0.2, -0.15) is 0 Å². The maximum absolute atomic E-state index is 13.0. The van der Waals surface area contributed by atoms with E-state index in [-0.39, 0.29) is 43.2 Å². The van der Waals surface area contributed by atoms with E-state index in [1.807, 2.05) is 0 Å². The predicted octanol–water partition coefficient (Wildman–Crippen LogP) is -0.537. The van der Waals surface area contributed by atoms with Gasteiger partial charge in [0.2, 0.25) is 25.7 Å². The molecule has 1 rings (SSSR count). The predicted molar refractivity (Wildman–Crippen MR) is 135 cm³/mol. The van der Waals surface area contributed by atoms with Gasteiger partial charge in [-0.1, -0.05) is 13.8 Å². The van der Waals surface area contributed by atoms with Crippen LogP contribution in [-0.4, -0.2) is 62.3 Å². The van der Waals surface area contributed by atoms with E-state index in [0.717, 1.165) is 0 Å². The minimum atomic E-state index is -0.877. The topological polar surface area (TPSA) is 172 Å². The molecule has 0 saturated carbocycles. The van der Waals surface area contributed by atoms with Gasteiger partial charge in [0, 0.05) is 24.6 Å². The van der Waals surface area contributed by atoms with E-state index in [4.69, 9.17) is 5.73 Å². The zero-order chi connectivity index (χ0) is 27.3. The Labute approximate surface area is 211 Å². The SMILES string of the molecule is BNC(=O)[C@H](CCCNC(N)=O)NC(=O)C(NC(=O)CC[C@@H](C)NC(=O)c1ccc(F)cc1)C(C)C. The van der Waals surface area contributed by atoms with Gasteiger partial charge in [0.15, 0.2) is 0 Å². The molecule has 36 heavy (non-hydrogen) atoms. The van der Waals surface area contributed by atoms with Crippen molar-refractivity contribution >= 4 is 37.6 Å². The lowest BCUT2D eigenvalue weighted by Gasteiger charge is -2.25. The van der Waals surface area contributed by atoms with Gasteiger partial charge in [0.1, 0.15) is 17.9 Å². The summed E-state index contributed by atoms with van der Waals surface area (Å²) < 4.78 is 13.0. The van der Waals surface area contributed by atoms with Crippen molar-refractivity contribution in [2.45, 2.75) is 64.6 Å². The van der Waals surface area contributed by atoms with E-state index in [2.05, 4.69) is 26.5 Å². The fourth-order valence-electron chi connectivity index (χ4n) is 3.33. The summed E-state index contributed by atoms with van der Waals surface area (Å²) in [5, 5.41) is 13.0. The Hall–Kier alpha value is -3.64. The Morgan fingerprint density at radius 1 is 0.944 bits per heavy atom. The number of carbonyl (C=O) groups excluding carboxylic acids is 5. The normalized spacial score (nSPS) is 13.1. The molecule has 0 fully saturated rings. The van der Waals surface area contributed by atoms with Crippen LogP contribution in [0.5, 0.6) is 0 Å². The molecular weight excluding hydrogens is 470 g/mol. The summed E-state index contributed by atoms with van der Waals surface area (Å²) in [4.78, 5) is 60.6. The van der Waals surface area contributed by atoms with Crippen molar-refractivity contribution in [3.8, 4) is 0 Å². The molecule has 0 aliphatic heterocycles. The third-order valence-corrected chi connectivity index (χ3v) is 5.40. The van der Waals surface area contributed by atoms with Gasteiger partial charge >= 0.3 is 6.03 Å². The van der Waals surface area contributed by atoms with Crippen molar-refractivity contribution in [2.24, 2.45) is 11.7 Å². The molecule has 0 saturated heterocycles. The molecule has 0 bridgehead atoms. The maximum atomic E-state index is 13.0. The van der Waals surface area contributed by atoms with E-state index < -0.39 is 35.7 Å². The molecule has 0 aromatic heterocycles. The zero-order valence-corrected chi connectivity index (χ0v) is 21.2. The van der Waals surface area contributed by atoms with Crippen LogP contribution in [0.4, 0.5) is 9.18 Å². The Morgan fingerprint density at radius 3 is 2.14 bits per heavy atom. The lowest BCUT2D eigenvalue weighted by Crippen LogP contribution is -2.55. The van der Waals surface area contributed by atoms with Crippen molar-refractivity contribution in [3.05, 3.63) is 35.6 Å². The number of nitrogens with one attached hydrogen (secondary N) is 5. The van der Waals surface area contributed by atoms with Gasteiger partial charge < -0.3 is 32.2 Å². The van der Waals surface area contributed by atoms with Crippen LogP contribution < -0.4 is 32.2 Å². The summed E-state index contributed by atoms with van der Waals surface area (Å²) >= 11 is 0. The molecule has 1 unspecified atom stereocenters. The number of rotatable bonds is 14. The van der Waals surface area contributed by atoms with Crippen LogP contribution in [-0.2, 0) is 14.4 Å². The number of hydrogen-bond donors (Lipinski definition) is 6. The fraction of sp³-hybridized carbons (Fsp3) is 0.522. The summed E-state index contributed by atoms with van der Waals surface area (Å²) in [7, 11) is 1.45. The molecule has 0 heterocycles. The monoisotopic (exact) mass is 506 g/mol. The molecule has 6 amide bonds. The molecule has 11 nitrogen and oxygen atoms in total. The molecule has 13 heteroatoms. The largest absolute Gasteiger partial charge is 0.404 e. The summed E-state index contributed by atoms with van der Waals surface area (Å²) in [5.74, 6) is -2.37. The first-order valence-electron chi connectivity index (χ1n) is 11.9. The first kappa shape index (κ1) is 30.4. The molecule has 7 N–H and O–H groups in total. The Morgan fingerprint density at radius 2 is 1.58 bits per heavy atom. The highest BCUT2D eigenvalue weighted by Gasteiger charge is 2.28. The molecule has 198 valence electrons. The Kier molecular flexibility index (Phi) is 13.0. The Balaban J connectivity index is 2.61. The molecule has 0 aliphatic carbocycles.